The van der Waals surface area contributed by atoms with Gasteiger partial charge in [0.05, 0.1) is 10.6 Å². The van der Waals surface area contributed by atoms with Crippen molar-refractivity contribution in [2.45, 2.75) is 20.3 Å². The van der Waals surface area contributed by atoms with E-state index in [4.69, 9.17) is 0 Å². The van der Waals surface area contributed by atoms with Crippen LogP contribution in [0.4, 0.5) is 5.69 Å². The largest absolute Gasteiger partial charge is 0.286 e. The second-order valence-corrected chi connectivity index (χ2v) is 7.10. The summed E-state index contributed by atoms with van der Waals surface area (Å²) in [4.78, 5) is 19.9. The number of nitrogens with zero attached hydrogens (tertiary/aromatic N) is 2. The lowest BCUT2D eigenvalue weighted by molar-refractivity contribution is -0.122. The molecule has 0 spiro atoms. The van der Waals surface area contributed by atoms with Crippen LogP contribution in [0.15, 0.2) is 76.6 Å². The van der Waals surface area contributed by atoms with Crippen LogP contribution in [0.5, 0.6) is 0 Å². The van der Waals surface area contributed by atoms with Gasteiger partial charge in [0, 0.05) is 6.54 Å². The first-order valence-corrected chi connectivity index (χ1v) is 9.57. The van der Waals surface area contributed by atoms with Crippen molar-refractivity contribution in [3.05, 3.63) is 82.8 Å². The fraction of sp³-hybridized carbons (Fsp3) is 0.182. The van der Waals surface area contributed by atoms with Crippen molar-refractivity contribution in [3.63, 3.8) is 0 Å². The van der Waals surface area contributed by atoms with Gasteiger partial charge >= 0.3 is 0 Å². The highest BCUT2D eigenvalue weighted by Gasteiger charge is 2.32. The van der Waals surface area contributed by atoms with Crippen LogP contribution in [0.1, 0.15) is 24.5 Å². The van der Waals surface area contributed by atoms with Crippen LogP contribution in [0.3, 0.4) is 0 Å². The maximum absolute atomic E-state index is 12.7. The van der Waals surface area contributed by atoms with Crippen molar-refractivity contribution < 1.29 is 4.79 Å². The highest BCUT2D eigenvalue weighted by atomic mass is 32.2. The molecule has 2 aromatic carbocycles. The van der Waals surface area contributed by atoms with Crippen molar-refractivity contribution in [1.29, 1.82) is 0 Å². The summed E-state index contributed by atoms with van der Waals surface area (Å²) in [6.07, 6.45) is 6.70. The topological polar surface area (TPSA) is 32.7 Å². The fourth-order valence-corrected chi connectivity index (χ4v) is 3.54. The molecule has 3 rings (SSSR count). The monoisotopic (exact) mass is 362 g/mol. The third-order valence-electron chi connectivity index (χ3n) is 3.93. The summed E-state index contributed by atoms with van der Waals surface area (Å²) >= 11 is 1.44. The lowest BCUT2D eigenvalue weighted by Gasteiger charge is -2.13. The number of benzene rings is 2. The van der Waals surface area contributed by atoms with E-state index >= 15 is 0 Å². The average Bonchev–Trinajstić information content (AvgIpc) is 2.94. The van der Waals surface area contributed by atoms with Gasteiger partial charge in [0.25, 0.3) is 5.91 Å². The Morgan fingerprint density at radius 1 is 1.08 bits per heavy atom. The predicted octanol–water partition coefficient (Wildman–Crippen LogP) is 5.57. The van der Waals surface area contributed by atoms with Crippen LogP contribution in [-0.2, 0) is 4.79 Å². The number of rotatable bonds is 5. The second kappa shape index (κ2) is 8.68. The van der Waals surface area contributed by atoms with Crippen molar-refractivity contribution >= 4 is 34.6 Å². The number of aryl methyl sites for hydroxylation is 1. The maximum Gasteiger partial charge on any atom is 0.266 e. The molecule has 1 fully saturated rings. The van der Waals surface area contributed by atoms with Crippen molar-refractivity contribution in [1.82, 2.24) is 4.90 Å². The molecule has 0 saturated carbocycles. The minimum atomic E-state index is 0.0282. The highest BCUT2D eigenvalue weighted by molar-refractivity contribution is 8.18. The van der Waals surface area contributed by atoms with E-state index < -0.39 is 0 Å². The summed E-state index contributed by atoms with van der Waals surface area (Å²) in [6, 6.07) is 18.1. The molecule has 2 aromatic rings. The molecule has 132 valence electrons. The van der Waals surface area contributed by atoms with Crippen LogP contribution in [0, 0.1) is 6.92 Å². The molecule has 26 heavy (non-hydrogen) atoms. The first-order valence-electron chi connectivity index (χ1n) is 8.76. The van der Waals surface area contributed by atoms with Crippen LogP contribution in [-0.4, -0.2) is 22.5 Å². The lowest BCUT2D eigenvalue weighted by atomic mass is 10.2. The van der Waals surface area contributed by atoms with Gasteiger partial charge in [-0.3, -0.25) is 9.69 Å². The Hall–Kier alpha value is -2.59. The molecule has 0 atom stereocenters. The zero-order valence-corrected chi connectivity index (χ0v) is 15.9. The van der Waals surface area contributed by atoms with Crippen LogP contribution >= 0.6 is 11.8 Å². The van der Waals surface area contributed by atoms with Gasteiger partial charge in [0.2, 0.25) is 0 Å². The molecule has 1 amide bonds. The zero-order valence-electron chi connectivity index (χ0n) is 15.1. The van der Waals surface area contributed by atoms with E-state index in [0.29, 0.717) is 11.4 Å². The van der Waals surface area contributed by atoms with Gasteiger partial charge in [0.15, 0.2) is 5.17 Å². The van der Waals surface area contributed by atoms with E-state index in [1.165, 1.54) is 17.3 Å². The molecule has 0 N–H and O–H groups in total. The Labute approximate surface area is 159 Å². The van der Waals surface area contributed by atoms with Gasteiger partial charge in [-0.05, 0) is 48.9 Å². The Bertz CT molecular complexity index is 851. The van der Waals surface area contributed by atoms with Crippen molar-refractivity contribution in [2.24, 2.45) is 4.99 Å². The lowest BCUT2D eigenvalue weighted by Crippen LogP contribution is -2.29. The summed E-state index contributed by atoms with van der Waals surface area (Å²) in [7, 11) is 0. The molecule has 0 aliphatic carbocycles. The molecular weight excluding hydrogens is 340 g/mol. The molecule has 1 aliphatic heterocycles. The van der Waals surface area contributed by atoms with Crippen LogP contribution in [0.25, 0.3) is 6.08 Å². The second-order valence-electron chi connectivity index (χ2n) is 6.09. The Balaban J connectivity index is 1.82. The number of hydrogen-bond acceptors (Lipinski definition) is 3. The van der Waals surface area contributed by atoms with Gasteiger partial charge in [-0.1, -0.05) is 67.1 Å². The molecule has 4 heteroatoms. The third-order valence-corrected chi connectivity index (χ3v) is 4.95. The van der Waals surface area contributed by atoms with E-state index in [1.807, 2.05) is 79.7 Å². The van der Waals surface area contributed by atoms with E-state index in [1.54, 1.807) is 4.90 Å². The first kappa shape index (κ1) is 18.2. The average molecular weight is 362 g/mol. The molecular formula is C22H22N2OS. The number of amides is 1. The van der Waals surface area contributed by atoms with E-state index in [-0.39, 0.29) is 5.91 Å². The summed E-state index contributed by atoms with van der Waals surface area (Å²) in [5.41, 5.74) is 3.17. The van der Waals surface area contributed by atoms with Gasteiger partial charge in [-0.15, -0.1) is 0 Å². The standard InChI is InChI=1S/C22H22N2OS/c1-3-16-24-21(25)20(11-7-10-18-8-5-4-6-9-18)26-22(24)23-19-14-12-17(2)13-15-19/h4-15H,3,16H2,1-2H3/b10-7+,20-11+,23-22?. The minimum Gasteiger partial charge on any atom is -0.286 e. The zero-order chi connectivity index (χ0) is 18.4. The smallest absolute Gasteiger partial charge is 0.266 e. The molecule has 3 nitrogen and oxygen atoms in total. The van der Waals surface area contributed by atoms with Gasteiger partial charge < -0.3 is 0 Å². The Morgan fingerprint density at radius 2 is 1.81 bits per heavy atom. The molecule has 0 unspecified atom stereocenters. The van der Waals surface area contributed by atoms with E-state index in [0.717, 1.165) is 22.8 Å². The summed E-state index contributed by atoms with van der Waals surface area (Å²) in [5.74, 6) is 0.0282. The van der Waals surface area contributed by atoms with Gasteiger partial charge in [-0.25, -0.2) is 4.99 Å². The first-order chi connectivity index (χ1) is 12.7. The van der Waals surface area contributed by atoms with Gasteiger partial charge in [-0.2, -0.15) is 0 Å². The summed E-state index contributed by atoms with van der Waals surface area (Å²) in [6.45, 7) is 4.79. The SMILES string of the molecule is CCCN1C(=O)/C(=C\C=C\c2ccccc2)SC1=Nc1ccc(C)cc1. The number of amidine groups is 1. The predicted molar refractivity (Wildman–Crippen MR) is 111 cm³/mol. The minimum absolute atomic E-state index is 0.0282. The molecule has 0 aromatic heterocycles. The molecule has 1 aliphatic rings. The number of carbonyl (C=O) groups is 1. The number of hydrogen-bond donors (Lipinski definition) is 0. The number of carbonyl (C=O) groups excluding carboxylic acids is 1. The molecule has 1 heterocycles. The fourth-order valence-electron chi connectivity index (χ4n) is 2.57. The summed E-state index contributed by atoms with van der Waals surface area (Å²) < 4.78 is 0. The van der Waals surface area contributed by atoms with E-state index in [2.05, 4.69) is 11.9 Å². The quantitative estimate of drug-likeness (QED) is 0.652. The Morgan fingerprint density at radius 3 is 2.50 bits per heavy atom. The van der Waals surface area contributed by atoms with Crippen LogP contribution in [0.2, 0.25) is 0 Å². The van der Waals surface area contributed by atoms with Crippen LogP contribution < -0.4 is 0 Å². The number of thioether (sulfide) groups is 1. The van der Waals surface area contributed by atoms with Crippen molar-refractivity contribution in [3.8, 4) is 0 Å². The number of allylic oxidation sites excluding steroid dienone is 2. The molecule has 1 saturated heterocycles. The third kappa shape index (κ3) is 4.52. The number of aliphatic imine (C=N–C) groups is 1. The summed E-state index contributed by atoms with van der Waals surface area (Å²) in [5, 5.41) is 0.750. The van der Waals surface area contributed by atoms with Crippen molar-refractivity contribution in [2.75, 3.05) is 6.54 Å². The Kier molecular flexibility index (Phi) is 6.08. The highest BCUT2D eigenvalue weighted by Crippen LogP contribution is 2.33. The molecule has 0 bridgehead atoms. The maximum atomic E-state index is 12.7. The van der Waals surface area contributed by atoms with E-state index in [9.17, 15) is 4.79 Å². The van der Waals surface area contributed by atoms with Gasteiger partial charge in [0.1, 0.15) is 0 Å². The normalized spacial score (nSPS) is 17.8. The molecule has 0 radical (unpaired) electrons.